The molecule has 0 aromatic heterocycles. The van der Waals surface area contributed by atoms with Crippen LogP contribution in [0, 0.1) is 0 Å². The number of thioether (sulfide) groups is 1. The lowest BCUT2D eigenvalue weighted by Crippen LogP contribution is -2.44. The van der Waals surface area contributed by atoms with Crippen LogP contribution in [0.1, 0.15) is 27.9 Å². The molecule has 0 saturated carbocycles. The van der Waals surface area contributed by atoms with Gasteiger partial charge < -0.3 is 5.32 Å². The molecule has 3 N–H and O–H groups in total. The highest BCUT2D eigenvalue weighted by Gasteiger charge is 2.29. The summed E-state index contributed by atoms with van der Waals surface area (Å²) in [6.07, 6.45) is 4.22. The second-order valence-electron chi connectivity index (χ2n) is 8.33. The van der Waals surface area contributed by atoms with Gasteiger partial charge in [0.1, 0.15) is 5.84 Å². The van der Waals surface area contributed by atoms with Crippen molar-refractivity contribution in [3.63, 3.8) is 0 Å². The standard InChI is InChI=1S/C28H23ClN4O2S/c29-21-13-10-18(11-14-21)17-30-26-22-8-4-5-9-24(22)36-25-15-12-20(16-23(25)31-26)28(35)33-32-27(34)19-6-2-1-3-7-19/h1-15,23H,16-17H2,(H,30,31)(H,32,34)(H,33,35). The van der Waals surface area contributed by atoms with Gasteiger partial charge in [0.05, 0.1) is 12.6 Å². The Balaban J connectivity index is 1.32. The zero-order valence-electron chi connectivity index (χ0n) is 19.2. The predicted octanol–water partition coefficient (Wildman–Crippen LogP) is 5.03. The average Bonchev–Trinajstić information content (AvgIpc) is 3.07. The first kappa shape index (κ1) is 23.9. The van der Waals surface area contributed by atoms with Crippen LogP contribution >= 0.6 is 23.4 Å². The van der Waals surface area contributed by atoms with E-state index in [0.717, 1.165) is 26.8 Å². The third kappa shape index (κ3) is 5.53. The first-order valence-corrected chi connectivity index (χ1v) is 12.7. The highest BCUT2D eigenvalue weighted by Crippen LogP contribution is 2.38. The molecule has 0 saturated heterocycles. The zero-order chi connectivity index (χ0) is 24.9. The fraction of sp³-hybridized carbons (Fsp3) is 0.107. The number of fused-ring (bicyclic) bond motifs is 2. The van der Waals surface area contributed by atoms with E-state index < -0.39 is 0 Å². The number of halogens is 1. The minimum absolute atomic E-state index is 0.123. The lowest BCUT2D eigenvalue weighted by Gasteiger charge is -2.24. The molecule has 5 rings (SSSR count). The van der Waals surface area contributed by atoms with E-state index in [-0.39, 0.29) is 17.9 Å². The van der Waals surface area contributed by atoms with Crippen molar-refractivity contribution >= 4 is 41.0 Å². The highest BCUT2D eigenvalue weighted by atomic mass is 35.5. The van der Waals surface area contributed by atoms with Crippen LogP contribution in [-0.2, 0) is 11.3 Å². The molecule has 36 heavy (non-hydrogen) atoms. The lowest BCUT2D eigenvalue weighted by atomic mass is 9.99. The number of hydrogen-bond donors (Lipinski definition) is 3. The second-order valence-corrected chi connectivity index (χ2v) is 9.88. The van der Waals surface area contributed by atoms with Crippen molar-refractivity contribution in [2.24, 2.45) is 4.99 Å². The number of amidine groups is 1. The molecule has 1 heterocycles. The van der Waals surface area contributed by atoms with Gasteiger partial charge in [-0.2, -0.15) is 0 Å². The molecule has 180 valence electrons. The van der Waals surface area contributed by atoms with Crippen molar-refractivity contribution in [3.05, 3.63) is 123 Å². The van der Waals surface area contributed by atoms with E-state index in [4.69, 9.17) is 16.6 Å². The first-order chi connectivity index (χ1) is 17.6. The van der Waals surface area contributed by atoms with Gasteiger partial charge in [-0.3, -0.25) is 25.4 Å². The predicted molar refractivity (Wildman–Crippen MR) is 144 cm³/mol. The molecule has 1 aliphatic heterocycles. The van der Waals surface area contributed by atoms with Crippen LogP contribution in [0.15, 0.2) is 111 Å². The average molecular weight is 515 g/mol. The van der Waals surface area contributed by atoms with Gasteiger partial charge in [0.15, 0.2) is 0 Å². The molecule has 2 aliphatic rings. The van der Waals surface area contributed by atoms with E-state index in [2.05, 4.69) is 22.2 Å². The summed E-state index contributed by atoms with van der Waals surface area (Å²) in [4.78, 5) is 32.2. The largest absolute Gasteiger partial charge is 0.362 e. The summed E-state index contributed by atoms with van der Waals surface area (Å²) in [5.41, 5.74) is 8.12. The van der Waals surface area contributed by atoms with Gasteiger partial charge in [-0.1, -0.05) is 78.0 Å². The third-order valence-electron chi connectivity index (χ3n) is 5.85. The Hall–Kier alpha value is -3.81. The fourth-order valence-electron chi connectivity index (χ4n) is 3.95. The monoisotopic (exact) mass is 514 g/mol. The number of rotatable bonds is 4. The summed E-state index contributed by atoms with van der Waals surface area (Å²) < 4.78 is 0. The molecule has 0 spiro atoms. The van der Waals surface area contributed by atoms with E-state index in [1.54, 1.807) is 36.0 Å². The van der Waals surface area contributed by atoms with E-state index in [9.17, 15) is 9.59 Å². The third-order valence-corrected chi connectivity index (χ3v) is 7.33. The van der Waals surface area contributed by atoms with Crippen LogP contribution in [0.3, 0.4) is 0 Å². The highest BCUT2D eigenvalue weighted by molar-refractivity contribution is 8.03. The van der Waals surface area contributed by atoms with Crippen molar-refractivity contribution in [3.8, 4) is 0 Å². The molecule has 1 unspecified atom stereocenters. The Bertz CT molecular complexity index is 1380. The number of benzene rings is 3. The van der Waals surface area contributed by atoms with Crippen LogP contribution in [0.25, 0.3) is 0 Å². The number of amides is 2. The van der Waals surface area contributed by atoms with Crippen LogP contribution in [0.5, 0.6) is 0 Å². The van der Waals surface area contributed by atoms with E-state index >= 15 is 0 Å². The number of hydrazine groups is 1. The minimum Gasteiger partial charge on any atom is -0.362 e. The van der Waals surface area contributed by atoms with Crippen molar-refractivity contribution in [1.29, 1.82) is 0 Å². The SMILES string of the molecule is O=C(NNC(=O)c1ccccc1)C1=CC=C2Sc3ccccc3C(=NCc3ccc(Cl)cc3)NC2C1. The summed E-state index contributed by atoms with van der Waals surface area (Å²) in [6, 6.07) is 24.4. The van der Waals surface area contributed by atoms with Crippen molar-refractivity contribution < 1.29 is 9.59 Å². The van der Waals surface area contributed by atoms with Crippen LogP contribution in [0.2, 0.25) is 5.02 Å². The zero-order valence-corrected chi connectivity index (χ0v) is 20.8. The van der Waals surface area contributed by atoms with Crippen molar-refractivity contribution in [2.75, 3.05) is 0 Å². The Kier molecular flexibility index (Phi) is 7.21. The quantitative estimate of drug-likeness (QED) is 0.427. The Labute approximate surface area is 218 Å². The number of allylic oxidation sites excluding steroid dienone is 2. The van der Waals surface area contributed by atoms with Gasteiger partial charge in [0.2, 0.25) is 0 Å². The molecule has 0 radical (unpaired) electrons. The van der Waals surface area contributed by atoms with Crippen molar-refractivity contribution in [1.82, 2.24) is 16.2 Å². The molecule has 2 amide bonds. The minimum atomic E-state index is -0.369. The molecule has 0 bridgehead atoms. The van der Waals surface area contributed by atoms with Gasteiger partial charge in [-0.25, -0.2) is 0 Å². The van der Waals surface area contributed by atoms with Crippen LogP contribution in [-0.4, -0.2) is 23.7 Å². The Morgan fingerprint density at radius 1 is 0.917 bits per heavy atom. The number of carbonyl (C=O) groups excluding carboxylic acids is 2. The number of aliphatic imine (C=N–C) groups is 1. The Morgan fingerprint density at radius 3 is 2.44 bits per heavy atom. The Morgan fingerprint density at radius 2 is 1.64 bits per heavy atom. The summed E-state index contributed by atoms with van der Waals surface area (Å²) in [5.74, 6) is 0.0649. The number of nitrogens with zero attached hydrogens (tertiary/aromatic N) is 1. The maximum Gasteiger partial charge on any atom is 0.269 e. The maximum atomic E-state index is 12.8. The van der Waals surface area contributed by atoms with Gasteiger partial charge in [-0.05, 0) is 42.0 Å². The van der Waals surface area contributed by atoms with Gasteiger partial charge in [-0.15, -0.1) is 0 Å². The molecule has 8 heteroatoms. The summed E-state index contributed by atoms with van der Waals surface area (Å²) in [6.45, 7) is 0.499. The number of carbonyl (C=O) groups is 2. The van der Waals surface area contributed by atoms with Gasteiger partial charge >= 0.3 is 0 Å². The lowest BCUT2D eigenvalue weighted by molar-refractivity contribution is -0.118. The maximum absolute atomic E-state index is 12.8. The molecule has 0 fully saturated rings. The summed E-state index contributed by atoms with van der Waals surface area (Å²) in [5, 5.41) is 4.25. The molecule has 1 atom stereocenters. The molecular weight excluding hydrogens is 492 g/mol. The molecule has 1 aliphatic carbocycles. The molecule has 3 aromatic rings. The van der Waals surface area contributed by atoms with Crippen LogP contribution < -0.4 is 16.2 Å². The normalized spacial score (nSPS) is 17.5. The van der Waals surface area contributed by atoms with Crippen molar-refractivity contribution in [2.45, 2.75) is 23.9 Å². The smallest absolute Gasteiger partial charge is 0.269 e. The van der Waals surface area contributed by atoms with Gasteiger partial charge in [0.25, 0.3) is 11.8 Å². The molecular formula is C28H23ClN4O2S. The fourth-order valence-corrected chi connectivity index (χ4v) is 5.17. The first-order valence-electron chi connectivity index (χ1n) is 11.5. The van der Waals surface area contributed by atoms with E-state index in [1.165, 1.54) is 0 Å². The topological polar surface area (TPSA) is 82.6 Å². The summed E-state index contributed by atoms with van der Waals surface area (Å²) >= 11 is 7.69. The molecule has 6 nitrogen and oxygen atoms in total. The van der Waals surface area contributed by atoms with E-state index in [1.807, 2.05) is 60.7 Å². The number of nitrogens with one attached hydrogen (secondary N) is 3. The van der Waals surface area contributed by atoms with Gasteiger partial charge in [0, 0.05) is 37.9 Å². The van der Waals surface area contributed by atoms with E-state index in [0.29, 0.717) is 29.1 Å². The van der Waals surface area contributed by atoms with Crippen LogP contribution in [0.4, 0.5) is 0 Å². The number of hydrogen-bond acceptors (Lipinski definition) is 4. The molecule has 3 aromatic carbocycles. The summed E-state index contributed by atoms with van der Waals surface area (Å²) in [7, 11) is 0. The second kappa shape index (κ2) is 10.8.